The maximum atomic E-state index is 12.5. The van der Waals surface area contributed by atoms with Gasteiger partial charge in [-0.15, -0.1) is 0 Å². The fourth-order valence-electron chi connectivity index (χ4n) is 2.84. The molecule has 7 heteroatoms. The van der Waals surface area contributed by atoms with Gasteiger partial charge in [-0.25, -0.2) is 13.8 Å². The van der Waals surface area contributed by atoms with Crippen LogP contribution in [0.25, 0.3) is 0 Å². The quantitative estimate of drug-likeness (QED) is 0.876. The third-order valence-electron chi connectivity index (χ3n) is 4.05. The zero-order chi connectivity index (χ0) is 15.4. The first-order chi connectivity index (χ1) is 10.0. The Labute approximate surface area is 123 Å². The standard InChI is InChI=1S/C14H22F2N4O/c1-9-13(20(8-18-9)7-12(15)16)19-14(21)10-4-3-5-11(6-10)17-2/h8,10-12,17H,3-7H2,1-2H3,(H,19,21)/t10-,11+/m0/s1. The van der Waals surface area contributed by atoms with E-state index < -0.39 is 13.0 Å². The molecule has 0 unspecified atom stereocenters. The number of nitrogens with zero attached hydrogens (tertiary/aromatic N) is 2. The number of aromatic nitrogens is 2. The fraction of sp³-hybridized carbons (Fsp3) is 0.714. The van der Waals surface area contributed by atoms with Gasteiger partial charge in [0.2, 0.25) is 5.91 Å². The number of rotatable bonds is 5. The molecule has 0 aromatic carbocycles. The Balaban J connectivity index is 2.03. The summed E-state index contributed by atoms with van der Waals surface area (Å²) in [6.07, 6.45) is 2.56. The SMILES string of the molecule is CN[C@@H]1CCC[C@H](C(=O)Nc2c(C)ncn2CC(F)F)C1. The average Bonchev–Trinajstić information content (AvgIpc) is 2.79. The van der Waals surface area contributed by atoms with E-state index in [2.05, 4.69) is 15.6 Å². The van der Waals surface area contributed by atoms with Gasteiger partial charge in [0.15, 0.2) is 0 Å². The Bertz CT molecular complexity index is 489. The number of nitrogens with one attached hydrogen (secondary N) is 2. The van der Waals surface area contributed by atoms with Crippen molar-refractivity contribution in [2.45, 2.75) is 51.6 Å². The van der Waals surface area contributed by atoms with Crippen LogP contribution in [-0.4, -0.2) is 35.0 Å². The van der Waals surface area contributed by atoms with Crippen LogP contribution in [-0.2, 0) is 11.3 Å². The van der Waals surface area contributed by atoms with Crippen LogP contribution < -0.4 is 10.6 Å². The van der Waals surface area contributed by atoms with Crippen LogP contribution in [0.3, 0.4) is 0 Å². The van der Waals surface area contributed by atoms with Crippen LogP contribution in [0.2, 0.25) is 0 Å². The Morgan fingerprint density at radius 1 is 1.52 bits per heavy atom. The maximum Gasteiger partial charge on any atom is 0.256 e. The van der Waals surface area contributed by atoms with Crippen molar-refractivity contribution in [2.75, 3.05) is 12.4 Å². The molecule has 1 amide bonds. The van der Waals surface area contributed by atoms with Crippen LogP contribution in [0.15, 0.2) is 6.33 Å². The Morgan fingerprint density at radius 2 is 2.29 bits per heavy atom. The van der Waals surface area contributed by atoms with E-state index in [0.29, 0.717) is 17.6 Å². The summed E-state index contributed by atoms with van der Waals surface area (Å²) in [4.78, 5) is 16.4. The van der Waals surface area contributed by atoms with Crippen molar-refractivity contribution >= 4 is 11.7 Å². The van der Waals surface area contributed by atoms with Gasteiger partial charge >= 0.3 is 0 Å². The van der Waals surface area contributed by atoms with Crippen molar-refractivity contribution in [3.05, 3.63) is 12.0 Å². The van der Waals surface area contributed by atoms with Crippen molar-refractivity contribution in [3.8, 4) is 0 Å². The van der Waals surface area contributed by atoms with Gasteiger partial charge in [0, 0.05) is 12.0 Å². The number of carbonyl (C=O) groups is 1. The first-order valence-corrected chi connectivity index (χ1v) is 7.29. The first kappa shape index (κ1) is 15.9. The zero-order valence-electron chi connectivity index (χ0n) is 12.4. The smallest absolute Gasteiger partial charge is 0.256 e. The van der Waals surface area contributed by atoms with E-state index in [0.717, 1.165) is 25.7 Å². The summed E-state index contributed by atoms with van der Waals surface area (Å²) in [6.45, 7) is 1.25. The van der Waals surface area contributed by atoms with Gasteiger partial charge in [-0.05, 0) is 33.2 Å². The second kappa shape index (κ2) is 6.98. The number of amides is 1. The highest BCUT2D eigenvalue weighted by atomic mass is 19.3. The number of hydrogen-bond donors (Lipinski definition) is 2. The van der Waals surface area contributed by atoms with E-state index >= 15 is 0 Å². The van der Waals surface area contributed by atoms with E-state index in [1.54, 1.807) is 6.92 Å². The van der Waals surface area contributed by atoms with E-state index in [1.807, 2.05) is 7.05 Å². The molecule has 1 aliphatic carbocycles. The lowest BCUT2D eigenvalue weighted by molar-refractivity contribution is -0.121. The largest absolute Gasteiger partial charge is 0.317 e. The lowest BCUT2D eigenvalue weighted by atomic mass is 9.85. The Hall–Kier alpha value is -1.50. The number of imidazole rings is 1. The van der Waals surface area contributed by atoms with Gasteiger partial charge in [0.1, 0.15) is 5.82 Å². The van der Waals surface area contributed by atoms with Crippen molar-refractivity contribution in [2.24, 2.45) is 5.92 Å². The lowest BCUT2D eigenvalue weighted by Gasteiger charge is -2.28. The monoisotopic (exact) mass is 300 g/mol. The molecule has 1 aliphatic rings. The molecule has 0 spiro atoms. The minimum absolute atomic E-state index is 0.0782. The van der Waals surface area contributed by atoms with Gasteiger partial charge in [0.25, 0.3) is 6.43 Å². The van der Waals surface area contributed by atoms with Crippen molar-refractivity contribution in [1.82, 2.24) is 14.9 Å². The molecule has 5 nitrogen and oxygen atoms in total. The summed E-state index contributed by atoms with van der Waals surface area (Å²) in [5.74, 6) is 0.200. The molecule has 1 saturated carbocycles. The minimum Gasteiger partial charge on any atom is -0.317 e. The van der Waals surface area contributed by atoms with Crippen molar-refractivity contribution in [3.63, 3.8) is 0 Å². The van der Waals surface area contributed by atoms with E-state index in [1.165, 1.54) is 10.9 Å². The molecule has 1 heterocycles. The highest BCUT2D eigenvalue weighted by molar-refractivity contribution is 5.92. The summed E-state index contributed by atoms with van der Waals surface area (Å²) in [6, 6.07) is 0.349. The number of aryl methyl sites for hydroxylation is 1. The third-order valence-corrected chi connectivity index (χ3v) is 4.05. The number of halogens is 2. The molecule has 1 aromatic rings. The van der Waals surface area contributed by atoms with E-state index in [-0.39, 0.29) is 11.8 Å². The molecular weight excluding hydrogens is 278 g/mol. The third kappa shape index (κ3) is 4.00. The molecule has 0 radical (unpaired) electrons. The van der Waals surface area contributed by atoms with Crippen LogP contribution in [0.1, 0.15) is 31.4 Å². The van der Waals surface area contributed by atoms with Crippen LogP contribution >= 0.6 is 0 Å². The minimum atomic E-state index is -2.47. The van der Waals surface area contributed by atoms with Gasteiger partial charge < -0.3 is 15.2 Å². The Morgan fingerprint density at radius 3 is 2.95 bits per heavy atom. The second-order valence-electron chi connectivity index (χ2n) is 5.56. The van der Waals surface area contributed by atoms with E-state index in [4.69, 9.17) is 0 Å². The summed E-state index contributed by atoms with van der Waals surface area (Å²) < 4.78 is 26.4. The van der Waals surface area contributed by atoms with Crippen LogP contribution in [0.5, 0.6) is 0 Å². The van der Waals surface area contributed by atoms with Crippen LogP contribution in [0, 0.1) is 12.8 Å². The van der Waals surface area contributed by atoms with Gasteiger partial charge in [0.05, 0.1) is 18.6 Å². The molecular formula is C14H22F2N4O. The van der Waals surface area contributed by atoms with Crippen LogP contribution in [0.4, 0.5) is 14.6 Å². The molecule has 0 saturated heterocycles. The summed E-state index contributed by atoms with van der Waals surface area (Å²) in [5, 5.41) is 5.98. The summed E-state index contributed by atoms with van der Waals surface area (Å²) in [7, 11) is 1.90. The molecule has 1 aromatic heterocycles. The zero-order valence-corrected chi connectivity index (χ0v) is 12.4. The van der Waals surface area contributed by atoms with Gasteiger partial charge in [-0.3, -0.25) is 4.79 Å². The number of alkyl halides is 2. The lowest BCUT2D eigenvalue weighted by Crippen LogP contribution is -2.36. The Kier molecular flexibility index (Phi) is 5.27. The fourth-order valence-corrected chi connectivity index (χ4v) is 2.84. The molecule has 2 atom stereocenters. The number of hydrogen-bond acceptors (Lipinski definition) is 3. The molecule has 0 aliphatic heterocycles. The molecule has 0 bridgehead atoms. The predicted octanol–water partition coefficient (Wildman–Crippen LogP) is 2.17. The van der Waals surface area contributed by atoms with Gasteiger partial charge in [-0.2, -0.15) is 0 Å². The summed E-state index contributed by atoms with van der Waals surface area (Å²) >= 11 is 0. The van der Waals surface area contributed by atoms with Crippen molar-refractivity contribution in [1.29, 1.82) is 0 Å². The molecule has 1 fully saturated rings. The second-order valence-corrected chi connectivity index (χ2v) is 5.56. The molecule has 21 heavy (non-hydrogen) atoms. The average molecular weight is 300 g/mol. The topological polar surface area (TPSA) is 59.0 Å². The van der Waals surface area contributed by atoms with Gasteiger partial charge in [-0.1, -0.05) is 6.42 Å². The first-order valence-electron chi connectivity index (χ1n) is 7.29. The summed E-state index contributed by atoms with van der Waals surface area (Å²) in [5.41, 5.74) is 0.560. The highest BCUT2D eigenvalue weighted by Crippen LogP contribution is 2.26. The number of carbonyl (C=O) groups excluding carboxylic acids is 1. The molecule has 2 N–H and O–H groups in total. The number of anilines is 1. The normalized spacial score (nSPS) is 22.5. The predicted molar refractivity (Wildman–Crippen MR) is 76.4 cm³/mol. The van der Waals surface area contributed by atoms with Crippen molar-refractivity contribution < 1.29 is 13.6 Å². The highest BCUT2D eigenvalue weighted by Gasteiger charge is 2.27. The van der Waals surface area contributed by atoms with E-state index in [9.17, 15) is 13.6 Å². The maximum absolute atomic E-state index is 12.5. The molecule has 2 rings (SSSR count). The molecule has 118 valence electrons.